The average Bonchev–Trinajstić information content (AvgIpc) is 2.94. The second-order valence-electron chi connectivity index (χ2n) is 4.78. The molecule has 18 heavy (non-hydrogen) atoms. The van der Waals surface area contributed by atoms with Crippen molar-refractivity contribution in [1.29, 1.82) is 0 Å². The van der Waals surface area contributed by atoms with Crippen LogP contribution in [-0.4, -0.2) is 39.6 Å². The summed E-state index contributed by atoms with van der Waals surface area (Å²) in [4.78, 5) is 13.7. The molecule has 96 valence electrons. The van der Waals surface area contributed by atoms with Crippen LogP contribution in [0.1, 0.15) is 5.56 Å². The van der Waals surface area contributed by atoms with Crippen LogP contribution in [0.5, 0.6) is 0 Å². The number of carbonyl (C=O) groups is 1. The summed E-state index contributed by atoms with van der Waals surface area (Å²) in [6.07, 6.45) is -0.744. The number of rotatable bonds is 2. The monoisotopic (exact) mass is 311 g/mol. The standard InChI is InChI=1S/C13H14BrNO3/c14-10-9-6-15(11(10)12(9)16)13(17)18-7-8-4-2-1-3-5-8/h1-5,9-12,16H,6-7H2/t9-,10-,11+,12-/m1/s1. The van der Waals surface area contributed by atoms with Crippen molar-refractivity contribution in [3.63, 3.8) is 0 Å². The molecule has 1 N–H and O–H groups in total. The van der Waals surface area contributed by atoms with Crippen LogP contribution in [0.3, 0.4) is 0 Å². The summed E-state index contributed by atoms with van der Waals surface area (Å²) >= 11 is 3.49. The van der Waals surface area contributed by atoms with Crippen LogP contribution in [0.2, 0.25) is 0 Å². The lowest BCUT2D eigenvalue weighted by Gasteiger charge is -2.37. The Hall–Kier alpha value is -1.07. The highest BCUT2D eigenvalue weighted by molar-refractivity contribution is 9.09. The molecule has 0 aromatic heterocycles. The van der Waals surface area contributed by atoms with E-state index in [4.69, 9.17) is 4.74 Å². The number of amides is 1. The average molecular weight is 312 g/mol. The molecule has 1 amide bonds. The topological polar surface area (TPSA) is 49.8 Å². The zero-order chi connectivity index (χ0) is 12.7. The molecule has 3 fully saturated rings. The van der Waals surface area contributed by atoms with Gasteiger partial charge in [0, 0.05) is 17.3 Å². The van der Waals surface area contributed by atoms with E-state index in [0.29, 0.717) is 6.54 Å². The molecule has 1 saturated carbocycles. The Balaban J connectivity index is 1.57. The molecule has 2 saturated heterocycles. The third kappa shape index (κ3) is 1.82. The number of alkyl halides is 1. The van der Waals surface area contributed by atoms with Gasteiger partial charge in [0.25, 0.3) is 0 Å². The van der Waals surface area contributed by atoms with Gasteiger partial charge in [0.05, 0.1) is 12.1 Å². The van der Waals surface area contributed by atoms with Gasteiger partial charge in [0.2, 0.25) is 0 Å². The lowest BCUT2D eigenvalue weighted by atomic mass is 9.82. The molecule has 5 heteroatoms. The van der Waals surface area contributed by atoms with Gasteiger partial charge in [-0.15, -0.1) is 0 Å². The first kappa shape index (κ1) is 12.0. The normalized spacial score (nSPS) is 33.1. The van der Waals surface area contributed by atoms with Gasteiger partial charge in [-0.2, -0.15) is 0 Å². The Morgan fingerprint density at radius 2 is 2.17 bits per heavy atom. The van der Waals surface area contributed by atoms with E-state index < -0.39 is 6.10 Å². The van der Waals surface area contributed by atoms with Crippen LogP contribution in [0.4, 0.5) is 4.79 Å². The van der Waals surface area contributed by atoms with E-state index in [9.17, 15) is 9.90 Å². The third-order valence-electron chi connectivity index (χ3n) is 3.73. The predicted octanol–water partition coefficient (Wildman–Crippen LogP) is 1.76. The molecule has 3 aliphatic rings. The molecule has 4 nitrogen and oxygen atoms in total. The fourth-order valence-electron chi connectivity index (χ4n) is 2.65. The maximum atomic E-state index is 11.9. The largest absolute Gasteiger partial charge is 0.445 e. The molecule has 4 atom stereocenters. The number of carbonyl (C=O) groups excluding carboxylic acids is 1. The minimum Gasteiger partial charge on any atom is -0.445 e. The summed E-state index contributed by atoms with van der Waals surface area (Å²) in [7, 11) is 0. The van der Waals surface area contributed by atoms with Crippen molar-refractivity contribution in [3.05, 3.63) is 35.9 Å². The zero-order valence-corrected chi connectivity index (χ0v) is 11.3. The fourth-order valence-corrected chi connectivity index (χ4v) is 3.73. The van der Waals surface area contributed by atoms with Crippen molar-refractivity contribution in [3.8, 4) is 0 Å². The second-order valence-corrected chi connectivity index (χ2v) is 5.84. The second kappa shape index (κ2) is 4.55. The number of aliphatic hydroxyl groups excluding tert-OH is 1. The number of benzene rings is 1. The summed E-state index contributed by atoms with van der Waals surface area (Å²) in [6.45, 7) is 0.853. The van der Waals surface area contributed by atoms with Crippen LogP contribution < -0.4 is 0 Å². The molecule has 1 aliphatic carbocycles. The molecular weight excluding hydrogens is 298 g/mol. The molecule has 0 radical (unpaired) electrons. The third-order valence-corrected chi connectivity index (χ3v) is 4.95. The van der Waals surface area contributed by atoms with Gasteiger partial charge in [-0.3, -0.25) is 0 Å². The maximum Gasteiger partial charge on any atom is 0.410 e. The number of hydrogen-bond donors (Lipinski definition) is 1. The first-order chi connectivity index (χ1) is 8.68. The Labute approximate surface area is 114 Å². The van der Waals surface area contributed by atoms with E-state index in [1.807, 2.05) is 30.3 Å². The summed E-state index contributed by atoms with van der Waals surface area (Å²) in [5, 5.41) is 9.74. The summed E-state index contributed by atoms with van der Waals surface area (Å²) < 4.78 is 5.26. The minimum absolute atomic E-state index is 0.127. The fraction of sp³-hybridized carbons (Fsp3) is 0.462. The molecular formula is C13H14BrNO3. The van der Waals surface area contributed by atoms with Crippen molar-refractivity contribution < 1.29 is 14.6 Å². The predicted molar refractivity (Wildman–Crippen MR) is 69.3 cm³/mol. The van der Waals surface area contributed by atoms with Crippen molar-refractivity contribution >= 4 is 22.0 Å². The van der Waals surface area contributed by atoms with Gasteiger partial charge in [-0.1, -0.05) is 46.3 Å². The zero-order valence-electron chi connectivity index (χ0n) is 9.70. The first-order valence-corrected chi connectivity index (χ1v) is 6.89. The van der Waals surface area contributed by atoms with Crippen LogP contribution in [0, 0.1) is 5.92 Å². The van der Waals surface area contributed by atoms with E-state index in [0.717, 1.165) is 5.56 Å². The van der Waals surface area contributed by atoms with Crippen LogP contribution >= 0.6 is 15.9 Å². The molecule has 0 spiro atoms. The van der Waals surface area contributed by atoms with E-state index in [-0.39, 0.29) is 29.5 Å². The molecule has 2 bridgehead atoms. The number of aliphatic hydroxyl groups is 1. The van der Waals surface area contributed by atoms with Gasteiger partial charge in [0.15, 0.2) is 0 Å². The van der Waals surface area contributed by atoms with Crippen molar-refractivity contribution in [2.24, 2.45) is 5.92 Å². The molecule has 1 aromatic carbocycles. The lowest BCUT2D eigenvalue weighted by Crippen LogP contribution is -2.54. The smallest absolute Gasteiger partial charge is 0.410 e. The Morgan fingerprint density at radius 3 is 2.72 bits per heavy atom. The van der Waals surface area contributed by atoms with E-state index in [1.165, 1.54) is 0 Å². The molecule has 1 aromatic rings. The molecule has 4 rings (SSSR count). The van der Waals surface area contributed by atoms with Gasteiger partial charge in [-0.05, 0) is 5.56 Å². The van der Waals surface area contributed by atoms with Gasteiger partial charge in [0.1, 0.15) is 6.61 Å². The highest BCUT2D eigenvalue weighted by atomic mass is 79.9. The molecule has 2 aliphatic heterocycles. The quantitative estimate of drug-likeness (QED) is 0.847. The highest BCUT2D eigenvalue weighted by Crippen LogP contribution is 2.46. The Morgan fingerprint density at radius 1 is 1.44 bits per heavy atom. The number of halogens is 1. The van der Waals surface area contributed by atoms with Crippen molar-refractivity contribution in [2.45, 2.75) is 23.6 Å². The van der Waals surface area contributed by atoms with Gasteiger partial charge < -0.3 is 14.7 Å². The van der Waals surface area contributed by atoms with E-state index >= 15 is 0 Å². The number of hydrogen-bond acceptors (Lipinski definition) is 3. The van der Waals surface area contributed by atoms with Crippen molar-refractivity contribution in [1.82, 2.24) is 4.90 Å². The van der Waals surface area contributed by atoms with E-state index in [1.54, 1.807) is 4.90 Å². The lowest BCUT2D eigenvalue weighted by molar-refractivity contribution is 0.0253. The van der Waals surface area contributed by atoms with Crippen LogP contribution in [-0.2, 0) is 11.3 Å². The number of ether oxygens (including phenoxy) is 1. The summed E-state index contributed by atoms with van der Waals surface area (Å²) in [6, 6.07) is 9.45. The maximum absolute atomic E-state index is 11.9. The summed E-state index contributed by atoms with van der Waals surface area (Å²) in [5.41, 5.74) is 0.966. The highest BCUT2D eigenvalue weighted by Gasteiger charge is 2.60. The van der Waals surface area contributed by atoms with Gasteiger partial charge >= 0.3 is 6.09 Å². The van der Waals surface area contributed by atoms with Crippen LogP contribution in [0.15, 0.2) is 30.3 Å². The minimum atomic E-state index is -0.404. The number of fused-ring (bicyclic) bond motifs is 1. The summed E-state index contributed by atoms with van der Waals surface area (Å²) in [5.74, 6) is 0.152. The Kier molecular flexibility index (Phi) is 3.03. The van der Waals surface area contributed by atoms with Crippen LogP contribution in [0.25, 0.3) is 0 Å². The van der Waals surface area contributed by atoms with Crippen molar-refractivity contribution in [2.75, 3.05) is 6.54 Å². The van der Waals surface area contributed by atoms with Gasteiger partial charge in [-0.25, -0.2) is 4.79 Å². The molecule has 2 heterocycles. The molecule has 0 unspecified atom stereocenters. The SMILES string of the molecule is O=C(OCc1ccccc1)N1C[C@H]2[C@@H](O)[C@@H]1[C@@H]2Br. The Bertz CT molecular complexity index is 443. The first-order valence-electron chi connectivity index (χ1n) is 5.98. The van der Waals surface area contributed by atoms with E-state index in [2.05, 4.69) is 15.9 Å². The number of nitrogens with zero attached hydrogens (tertiary/aromatic N) is 1.